The maximum atomic E-state index is 12.9. The fourth-order valence-electron chi connectivity index (χ4n) is 4.71. The van der Waals surface area contributed by atoms with Gasteiger partial charge in [-0.05, 0) is 50.9 Å². The van der Waals surface area contributed by atoms with Crippen molar-refractivity contribution in [2.75, 3.05) is 32.7 Å². The van der Waals surface area contributed by atoms with Gasteiger partial charge in [-0.25, -0.2) is 0 Å². The van der Waals surface area contributed by atoms with E-state index in [4.69, 9.17) is 4.52 Å². The van der Waals surface area contributed by atoms with Crippen LogP contribution in [0.3, 0.4) is 0 Å². The second-order valence-electron chi connectivity index (χ2n) is 8.24. The molecule has 1 amide bonds. The van der Waals surface area contributed by atoms with Crippen LogP contribution in [-0.4, -0.2) is 63.4 Å². The summed E-state index contributed by atoms with van der Waals surface area (Å²) in [6, 6.07) is 8.11. The molecular weight excluding hydrogens is 366 g/mol. The first kappa shape index (κ1) is 18.4. The molecule has 152 valence electrons. The van der Waals surface area contributed by atoms with Crippen molar-refractivity contribution < 1.29 is 9.32 Å². The van der Waals surface area contributed by atoms with Crippen molar-refractivity contribution in [3.8, 4) is 0 Å². The average molecular weight is 393 g/mol. The van der Waals surface area contributed by atoms with E-state index in [1.807, 2.05) is 36.3 Å². The molecule has 0 radical (unpaired) electrons. The third kappa shape index (κ3) is 3.55. The first-order valence-electron chi connectivity index (χ1n) is 10.6. The fourth-order valence-corrected chi connectivity index (χ4v) is 4.71. The summed E-state index contributed by atoms with van der Waals surface area (Å²) in [4.78, 5) is 17.4. The molecule has 0 unspecified atom stereocenters. The Balaban J connectivity index is 1.18. The van der Waals surface area contributed by atoms with Crippen LogP contribution in [0.4, 0.5) is 0 Å². The van der Waals surface area contributed by atoms with Crippen LogP contribution in [0.5, 0.6) is 0 Å². The zero-order valence-corrected chi connectivity index (χ0v) is 16.9. The molecule has 2 aromatic heterocycles. The quantitative estimate of drug-likeness (QED) is 0.682. The lowest BCUT2D eigenvalue weighted by molar-refractivity contribution is 0.0732. The number of likely N-dealkylation sites (tertiary alicyclic amines) is 1. The number of nitrogens with zero attached hydrogens (tertiary/aromatic N) is 5. The Labute approximate surface area is 170 Å². The van der Waals surface area contributed by atoms with Gasteiger partial charge < -0.3 is 14.3 Å². The van der Waals surface area contributed by atoms with Crippen LogP contribution in [0.1, 0.15) is 46.9 Å². The number of benzene rings is 1. The molecular formula is C22H27N5O2. The van der Waals surface area contributed by atoms with Crippen molar-refractivity contribution in [3.63, 3.8) is 0 Å². The smallest absolute Gasteiger partial charge is 0.257 e. The van der Waals surface area contributed by atoms with Gasteiger partial charge in [-0.2, -0.15) is 5.10 Å². The van der Waals surface area contributed by atoms with E-state index in [-0.39, 0.29) is 5.91 Å². The minimum atomic E-state index is 0.134. The Kier molecular flexibility index (Phi) is 4.83. The average Bonchev–Trinajstić information content (AvgIpc) is 3.30. The summed E-state index contributed by atoms with van der Waals surface area (Å²) in [5.74, 6) is 0.585. The minimum Gasteiger partial charge on any atom is -0.356 e. The third-order valence-corrected chi connectivity index (χ3v) is 6.33. The number of piperidine rings is 1. The van der Waals surface area contributed by atoms with Gasteiger partial charge in [-0.3, -0.25) is 9.48 Å². The number of rotatable bonds is 4. The normalized spacial score (nSPS) is 18.9. The van der Waals surface area contributed by atoms with E-state index in [0.717, 1.165) is 86.3 Å². The number of aryl methyl sites for hydroxylation is 2. The summed E-state index contributed by atoms with van der Waals surface area (Å²) >= 11 is 0. The number of amides is 1. The van der Waals surface area contributed by atoms with Crippen molar-refractivity contribution >= 4 is 16.9 Å². The van der Waals surface area contributed by atoms with Crippen LogP contribution >= 0.6 is 0 Å². The fraction of sp³-hybridized carbons (Fsp3) is 0.500. The van der Waals surface area contributed by atoms with Gasteiger partial charge in [0.25, 0.3) is 5.91 Å². The Hall–Kier alpha value is -2.67. The largest absolute Gasteiger partial charge is 0.356 e. The van der Waals surface area contributed by atoms with E-state index in [9.17, 15) is 4.79 Å². The highest BCUT2D eigenvalue weighted by Crippen LogP contribution is 2.32. The maximum Gasteiger partial charge on any atom is 0.257 e. The molecule has 0 aliphatic carbocycles. The van der Waals surface area contributed by atoms with E-state index >= 15 is 0 Å². The third-order valence-electron chi connectivity index (χ3n) is 6.33. The van der Waals surface area contributed by atoms with E-state index in [2.05, 4.69) is 21.2 Å². The molecule has 2 aliphatic rings. The van der Waals surface area contributed by atoms with Crippen LogP contribution in [0, 0.1) is 0 Å². The monoisotopic (exact) mass is 393 g/mol. The SMILES string of the molecule is Cn1cc2c(n1)CCCN(CCN1CCC(c3noc4ccccc34)CC1)C2=O. The van der Waals surface area contributed by atoms with Crippen molar-refractivity contribution in [1.29, 1.82) is 0 Å². The van der Waals surface area contributed by atoms with Gasteiger partial charge in [0, 0.05) is 44.2 Å². The van der Waals surface area contributed by atoms with Gasteiger partial charge in [0.05, 0.1) is 17.0 Å². The van der Waals surface area contributed by atoms with Gasteiger partial charge in [-0.1, -0.05) is 17.3 Å². The van der Waals surface area contributed by atoms with Gasteiger partial charge in [0.1, 0.15) is 0 Å². The zero-order chi connectivity index (χ0) is 19.8. The van der Waals surface area contributed by atoms with Crippen molar-refractivity contribution in [2.24, 2.45) is 7.05 Å². The van der Waals surface area contributed by atoms with Crippen molar-refractivity contribution in [3.05, 3.63) is 47.4 Å². The van der Waals surface area contributed by atoms with Crippen LogP contribution in [0.25, 0.3) is 11.0 Å². The zero-order valence-electron chi connectivity index (χ0n) is 16.9. The lowest BCUT2D eigenvalue weighted by Gasteiger charge is -2.32. The van der Waals surface area contributed by atoms with E-state index in [1.54, 1.807) is 4.68 Å². The number of hydrogen-bond acceptors (Lipinski definition) is 5. The second kappa shape index (κ2) is 7.63. The summed E-state index contributed by atoms with van der Waals surface area (Å²) < 4.78 is 7.25. The van der Waals surface area contributed by atoms with Crippen LogP contribution in [0.2, 0.25) is 0 Å². The summed E-state index contributed by atoms with van der Waals surface area (Å²) in [6.45, 7) is 4.59. The Morgan fingerprint density at radius 3 is 2.83 bits per heavy atom. The van der Waals surface area contributed by atoms with Crippen LogP contribution in [-0.2, 0) is 13.5 Å². The highest BCUT2D eigenvalue weighted by atomic mass is 16.5. The molecule has 1 saturated heterocycles. The molecule has 0 spiro atoms. The number of carbonyl (C=O) groups excluding carboxylic acids is 1. The predicted molar refractivity (Wildman–Crippen MR) is 110 cm³/mol. The van der Waals surface area contributed by atoms with Crippen LogP contribution in [0.15, 0.2) is 35.0 Å². The number of para-hydroxylation sites is 1. The lowest BCUT2D eigenvalue weighted by atomic mass is 9.91. The summed E-state index contributed by atoms with van der Waals surface area (Å²) in [5, 5.41) is 9.94. The Bertz CT molecular complexity index is 1020. The summed E-state index contributed by atoms with van der Waals surface area (Å²) in [7, 11) is 1.88. The maximum absolute atomic E-state index is 12.9. The second-order valence-corrected chi connectivity index (χ2v) is 8.24. The lowest BCUT2D eigenvalue weighted by Crippen LogP contribution is -2.41. The molecule has 1 aromatic carbocycles. The number of fused-ring (bicyclic) bond motifs is 2. The molecule has 7 nitrogen and oxygen atoms in total. The summed E-state index contributed by atoms with van der Waals surface area (Å²) in [5.41, 5.74) is 3.70. The highest BCUT2D eigenvalue weighted by molar-refractivity contribution is 5.95. The highest BCUT2D eigenvalue weighted by Gasteiger charge is 2.27. The molecule has 1 fully saturated rings. The summed E-state index contributed by atoms with van der Waals surface area (Å²) in [6.07, 6.45) is 5.89. The molecule has 2 aliphatic heterocycles. The Morgan fingerprint density at radius 2 is 1.97 bits per heavy atom. The topological polar surface area (TPSA) is 67.4 Å². The standard InChI is InChI=1S/C22H27N5O2/c1-25-15-18-19(23-25)6-4-10-27(22(18)28)14-13-26-11-8-16(9-12-26)21-17-5-2-3-7-20(17)29-24-21/h2-3,5,7,15-16H,4,6,8-14H2,1H3. The van der Waals surface area contributed by atoms with E-state index < -0.39 is 0 Å². The molecule has 3 aromatic rings. The van der Waals surface area contributed by atoms with Crippen molar-refractivity contribution in [2.45, 2.75) is 31.6 Å². The molecule has 0 bridgehead atoms. The van der Waals surface area contributed by atoms with Gasteiger partial charge >= 0.3 is 0 Å². The number of aromatic nitrogens is 3. The Morgan fingerprint density at radius 1 is 1.14 bits per heavy atom. The molecule has 5 rings (SSSR count). The van der Waals surface area contributed by atoms with E-state index in [0.29, 0.717) is 5.92 Å². The first-order valence-corrected chi connectivity index (χ1v) is 10.6. The molecule has 0 atom stereocenters. The molecule has 0 saturated carbocycles. The van der Waals surface area contributed by atoms with Gasteiger partial charge in [0.2, 0.25) is 0 Å². The number of carbonyl (C=O) groups is 1. The first-order chi connectivity index (χ1) is 14.2. The van der Waals surface area contributed by atoms with Gasteiger partial charge in [-0.15, -0.1) is 0 Å². The predicted octanol–water partition coefficient (Wildman–Crippen LogP) is 2.83. The van der Waals surface area contributed by atoms with Crippen molar-refractivity contribution in [1.82, 2.24) is 24.7 Å². The van der Waals surface area contributed by atoms with Gasteiger partial charge in [0.15, 0.2) is 5.58 Å². The molecule has 4 heterocycles. The van der Waals surface area contributed by atoms with Crippen LogP contribution < -0.4 is 0 Å². The number of hydrogen-bond donors (Lipinski definition) is 0. The molecule has 0 N–H and O–H groups in total. The molecule has 7 heteroatoms. The minimum absolute atomic E-state index is 0.134. The van der Waals surface area contributed by atoms with E-state index in [1.165, 1.54) is 0 Å². The molecule has 29 heavy (non-hydrogen) atoms.